The maximum Gasteiger partial charge on any atom is 0.0612 e. The average Bonchev–Trinajstić information content (AvgIpc) is 2.29. The summed E-state index contributed by atoms with van der Waals surface area (Å²) in [5, 5.41) is 3.81. The second kappa shape index (κ2) is 7.29. The maximum atomic E-state index is 5.80. The van der Waals surface area contributed by atoms with Crippen molar-refractivity contribution in [2.45, 2.75) is 78.0 Å². The summed E-state index contributed by atoms with van der Waals surface area (Å²) >= 11 is 0. The van der Waals surface area contributed by atoms with Crippen LogP contribution in [-0.4, -0.2) is 24.8 Å². The van der Waals surface area contributed by atoms with Crippen LogP contribution in [0.25, 0.3) is 0 Å². The van der Waals surface area contributed by atoms with E-state index in [1.165, 1.54) is 32.1 Å². The van der Waals surface area contributed by atoms with E-state index in [1.54, 1.807) is 0 Å². The van der Waals surface area contributed by atoms with Gasteiger partial charge in [-0.05, 0) is 31.6 Å². The molecule has 96 valence electrons. The Labute approximate surface area is 101 Å². The van der Waals surface area contributed by atoms with Gasteiger partial charge < -0.3 is 10.1 Å². The minimum absolute atomic E-state index is 0.463. The third-order valence-corrected chi connectivity index (χ3v) is 3.66. The van der Waals surface area contributed by atoms with Crippen LogP contribution in [0.2, 0.25) is 0 Å². The summed E-state index contributed by atoms with van der Waals surface area (Å²) < 4.78 is 5.80. The average molecular weight is 227 g/mol. The van der Waals surface area contributed by atoms with Crippen LogP contribution < -0.4 is 5.32 Å². The highest BCUT2D eigenvalue weighted by molar-refractivity contribution is 4.81. The number of hydrogen-bond donors (Lipinski definition) is 1. The van der Waals surface area contributed by atoms with Crippen molar-refractivity contribution in [2.24, 2.45) is 5.92 Å². The first kappa shape index (κ1) is 14.0. The van der Waals surface area contributed by atoms with Crippen LogP contribution in [0, 0.1) is 5.92 Å². The number of hydrogen-bond acceptors (Lipinski definition) is 2. The van der Waals surface area contributed by atoms with Crippen LogP contribution in [-0.2, 0) is 4.74 Å². The quantitative estimate of drug-likeness (QED) is 0.751. The van der Waals surface area contributed by atoms with Gasteiger partial charge in [0.05, 0.1) is 6.10 Å². The van der Waals surface area contributed by atoms with E-state index < -0.39 is 0 Å². The van der Waals surface area contributed by atoms with E-state index in [9.17, 15) is 0 Å². The fourth-order valence-electron chi connectivity index (χ4n) is 2.53. The van der Waals surface area contributed by atoms with E-state index in [4.69, 9.17) is 4.74 Å². The molecule has 1 heterocycles. The smallest absolute Gasteiger partial charge is 0.0612 e. The molecule has 0 radical (unpaired) electrons. The first-order valence-electron chi connectivity index (χ1n) is 7.05. The Morgan fingerprint density at radius 3 is 2.62 bits per heavy atom. The Bertz CT molecular complexity index is 182. The van der Waals surface area contributed by atoms with Crippen LogP contribution in [0.5, 0.6) is 0 Å². The summed E-state index contributed by atoms with van der Waals surface area (Å²) in [5.41, 5.74) is 0. The zero-order valence-corrected chi connectivity index (χ0v) is 11.5. The molecule has 0 bridgehead atoms. The van der Waals surface area contributed by atoms with E-state index >= 15 is 0 Å². The molecule has 1 N–H and O–H groups in total. The lowest BCUT2D eigenvalue weighted by Gasteiger charge is -2.34. The lowest BCUT2D eigenvalue weighted by Crippen LogP contribution is -2.45. The first-order valence-corrected chi connectivity index (χ1v) is 7.05. The zero-order chi connectivity index (χ0) is 12.0. The molecule has 0 amide bonds. The van der Waals surface area contributed by atoms with Crippen molar-refractivity contribution >= 4 is 0 Å². The molecule has 1 aliphatic heterocycles. The van der Waals surface area contributed by atoms with Gasteiger partial charge in [-0.25, -0.2) is 0 Å². The summed E-state index contributed by atoms with van der Waals surface area (Å²) in [5.74, 6) is 0.649. The molecular weight excluding hydrogens is 198 g/mol. The lowest BCUT2D eigenvalue weighted by molar-refractivity contribution is -0.0261. The largest absolute Gasteiger partial charge is 0.378 e. The Kier molecular flexibility index (Phi) is 6.37. The van der Waals surface area contributed by atoms with Gasteiger partial charge in [0.2, 0.25) is 0 Å². The molecule has 0 aromatic heterocycles. The highest BCUT2D eigenvalue weighted by Crippen LogP contribution is 2.21. The highest BCUT2D eigenvalue weighted by Gasteiger charge is 2.25. The summed E-state index contributed by atoms with van der Waals surface area (Å²) in [6, 6.07) is 1.39. The molecule has 0 aromatic rings. The van der Waals surface area contributed by atoms with Gasteiger partial charge in [0.1, 0.15) is 0 Å². The Hall–Kier alpha value is -0.0800. The number of rotatable bonds is 6. The van der Waals surface area contributed by atoms with Gasteiger partial charge >= 0.3 is 0 Å². The predicted octanol–water partition coefficient (Wildman–Crippen LogP) is 3.36. The van der Waals surface area contributed by atoms with Crippen LogP contribution in [0.3, 0.4) is 0 Å². The van der Waals surface area contributed by atoms with Gasteiger partial charge in [0.15, 0.2) is 0 Å². The van der Waals surface area contributed by atoms with E-state index in [1.807, 2.05) is 0 Å². The van der Waals surface area contributed by atoms with Gasteiger partial charge in [0.25, 0.3) is 0 Å². The van der Waals surface area contributed by atoms with Crippen molar-refractivity contribution in [3.8, 4) is 0 Å². The molecule has 1 aliphatic rings. The van der Waals surface area contributed by atoms with Gasteiger partial charge in [-0.2, -0.15) is 0 Å². The van der Waals surface area contributed by atoms with E-state index in [2.05, 4.69) is 33.0 Å². The molecule has 1 fully saturated rings. The van der Waals surface area contributed by atoms with Crippen LogP contribution in [0.15, 0.2) is 0 Å². The number of ether oxygens (including phenoxy) is 1. The molecule has 0 aromatic carbocycles. The fraction of sp³-hybridized carbons (Fsp3) is 1.00. The summed E-state index contributed by atoms with van der Waals surface area (Å²) in [6.07, 6.45) is 6.67. The molecule has 2 nitrogen and oxygen atoms in total. The van der Waals surface area contributed by atoms with Gasteiger partial charge in [-0.1, -0.05) is 34.1 Å². The maximum absolute atomic E-state index is 5.80. The number of nitrogens with one attached hydrogen (secondary N) is 1. The second-order valence-corrected chi connectivity index (χ2v) is 5.44. The molecule has 1 saturated heterocycles. The monoisotopic (exact) mass is 227 g/mol. The molecular formula is C14H29NO. The van der Waals surface area contributed by atoms with E-state index in [0.717, 1.165) is 6.61 Å². The SMILES string of the molecule is CCCC(CC)NC1CCOC(C(C)C)C1. The van der Waals surface area contributed by atoms with Crippen molar-refractivity contribution in [1.29, 1.82) is 0 Å². The third kappa shape index (κ3) is 4.42. The summed E-state index contributed by atoms with van der Waals surface area (Å²) in [6.45, 7) is 10.0. The Balaban J connectivity index is 2.35. The molecule has 2 heteroatoms. The molecule has 1 rings (SSSR count). The minimum Gasteiger partial charge on any atom is -0.378 e. The molecule has 0 spiro atoms. The van der Waals surface area contributed by atoms with Crippen LogP contribution in [0.1, 0.15) is 59.8 Å². The second-order valence-electron chi connectivity index (χ2n) is 5.44. The van der Waals surface area contributed by atoms with E-state index in [0.29, 0.717) is 24.1 Å². The van der Waals surface area contributed by atoms with Crippen molar-refractivity contribution < 1.29 is 4.74 Å². The van der Waals surface area contributed by atoms with Gasteiger partial charge in [-0.15, -0.1) is 0 Å². The zero-order valence-electron chi connectivity index (χ0n) is 11.5. The Morgan fingerprint density at radius 2 is 2.06 bits per heavy atom. The van der Waals surface area contributed by atoms with Gasteiger partial charge in [0, 0.05) is 18.7 Å². The summed E-state index contributed by atoms with van der Waals surface area (Å²) in [7, 11) is 0. The molecule has 3 unspecified atom stereocenters. The van der Waals surface area contributed by atoms with Crippen molar-refractivity contribution in [3.63, 3.8) is 0 Å². The predicted molar refractivity (Wildman–Crippen MR) is 69.7 cm³/mol. The van der Waals surface area contributed by atoms with E-state index in [-0.39, 0.29) is 0 Å². The van der Waals surface area contributed by atoms with Crippen molar-refractivity contribution in [1.82, 2.24) is 5.32 Å². The topological polar surface area (TPSA) is 21.3 Å². The summed E-state index contributed by atoms with van der Waals surface area (Å²) in [4.78, 5) is 0. The third-order valence-electron chi connectivity index (χ3n) is 3.66. The van der Waals surface area contributed by atoms with Gasteiger partial charge in [-0.3, -0.25) is 0 Å². The first-order chi connectivity index (χ1) is 7.67. The minimum atomic E-state index is 0.463. The van der Waals surface area contributed by atoms with Crippen LogP contribution in [0.4, 0.5) is 0 Å². The standard InChI is InChI=1S/C14H29NO/c1-5-7-12(6-2)15-13-8-9-16-14(10-13)11(3)4/h11-15H,5-10H2,1-4H3. The van der Waals surface area contributed by atoms with Crippen LogP contribution >= 0.6 is 0 Å². The lowest BCUT2D eigenvalue weighted by atomic mass is 9.94. The molecule has 0 aliphatic carbocycles. The fourth-order valence-corrected chi connectivity index (χ4v) is 2.53. The Morgan fingerprint density at radius 1 is 1.31 bits per heavy atom. The molecule has 0 saturated carbocycles. The van der Waals surface area contributed by atoms with Crippen molar-refractivity contribution in [3.05, 3.63) is 0 Å². The normalized spacial score (nSPS) is 28.3. The van der Waals surface area contributed by atoms with Crippen molar-refractivity contribution in [2.75, 3.05) is 6.61 Å². The highest BCUT2D eigenvalue weighted by atomic mass is 16.5. The molecule has 3 atom stereocenters. The molecule has 16 heavy (non-hydrogen) atoms.